The second-order valence-corrected chi connectivity index (χ2v) is 11.1. The van der Waals surface area contributed by atoms with Crippen LogP contribution in [-0.2, 0) is 0 Å². The molecular formula is C31H63NOS. The molecule has 0 saturated carbocycles. The lowest BCUT2D eigenvalue weighted by Gasteiger charge is -2.20. The van der Waals surface area contributed by atoms with Crippen molar-refractivity contribution in [3.8, 4) is 0 Å². The first-order chi connectivity index (χ1) is 16.7. The van der Waals surface area contributed by atoms with Crippen molar-refractivity contribution in [1.82, 2.24) is 4.90 Å². The van der Waals surface area contributed by atoms with E-state index in [1.165, 1.54) is 154 Å². The summed E-state index contributed by atoms with van der Waals surface area (Å²) in [5, 5.41) is -0.0297. The van der Waals surface area contributed by atoms with E-state index in [4.69, 9.17) is 0 Å². The van der Waals surface area contributed by atoms with Crippen LogP contribution in [0.15, 0.2) is 0 Å². The van der Waals surface area contributed by atoms with Gasteiger partial charge in [0.25, 0.3) is 5.24 Å². The lowest BCUT2D eigenvalue weighted by atomic mass is 10.0. The summed E-state index contributed by atoms with van der Waals surface area (Å²) < 4.78 is 0. The Morgan fingerprint density at radius 2 is 0.618 bits per heavy atom. The first kappa shape index (κ1) is 33.8. The number of unbranched alkanes of at least 4 members (excludes halogenated alkanes) is 24. The Bertz CT molecular complexity index is 371. The molecule has 0 unspecified atom stereocenters. The monoisotopic (exact) mass is 497 g/mol. The van der Waals surface area contributed by atoms with Gasteiger partial charge in [-0.1, -0.05) is 181 Å². The largest absolute Gasteiger partial charge is 0.334 e. The Balaban J connectivity index is 3.41. The van der Waals surface area contributed by atoms with Crippen molar-refractivity contribution in [2.24, 2.45) is 0 Å². The summed E-state index contributed by atoms with van der Waals surface area (Å²) >= 11 is 4.12. The minimum Gasteiger partial charge on any atom is -0.334 e. The third kappa shape index (κ3) is 26.4. The number of nitrogens with zero attached hydrogens (tertiary/aromatic N) is 1. The van der Waals surface area contributed by atoms with Crippen LogP contribution in [0.4, 0.5) is 4.79 Å². The van der Waals surface area contributed by atoms with Gasteiger partial charge in [0.1, 0.15) is 0 Å². The molecule has 34 heavy (non-hydrogen) atoms. The predicted molar refractivity (Wildman–Crippen MR) is 157 cm³/mol. The van der Waals surface area contributed by atoms with E-state index in [-0.39, 0.29) is 5.24 Å². The van der Waals surface area contributed by atoms with Gasteiger partial charge in [-0.05, 0) is 12.8 Å². The van der Waals surface area contributed by atoms with E-state index in [1.54, 1.807) is 0 Å². The number of hydrogen-bond acceptors (Lipinski definition) is 1. The number of amides is 1. The normalized spacial score (nSPS) is 11.3. The van der Waals surface area contributed by atoms with Gasteiger partial charge in [-0.3, -0.25) is 4.79 Å². The van der Waals surface area contributed by atoms with Crippen molar-refractivity contribution < 1.29 is 4.79 Å². The summed E-state index contributed by atoms with van der Waals surface area (Å²) in [7, 11) is 0. The second-order valence-electron chi connectivity index (χ2n) is 10.8. The van der Waals surface area contributed by atoms with E-state index in [0.717, 1.165) is 25.9 Å². The number of rotatable bonds is 28. The number of carbonyl (C=O) groups excluding carboxylic acids is 1. The number of thiol groups is 1. The Labute approximate surface area is 221 Å². The lowest BCUT2D eigenvalue weighted by molar-refractivity contribution is 0.220. The van der Waals surface area contributed by atoms with Gasteiger partial charge in [0.2, 0.25) is 0 Å². The van der Waals surface area contributed by atoms with E-state index in [9.17, 15) is 4.79 Å². The predicted octanol–water partition coefficient (Wildman–Crippen LogP) is 11.5. The highest BCUT2D eigenvalue weighted by Gasteiger charge is 2.08. The van der Waals surface area contributed by atoms with Gasteiger partial charge in [-0.15, -0.1) is 0 Å². The van der Waals surface area contributed by atoms with Crippen LogP contribution in [0, 0.1) is 0 Å². The molecule has 0 bridgehead atoms. The molecule has 0 atom stereocenters. The zero-order chi connectivity index (χ0) is 25.0. The van der Waals surface area contributed by atoms with Crippen LogP contribution < -0.4 is 0 Å². The molecular weight excluding hydrogens is 434 g/mol. The maximum Gasteiger partial charge on any atom is 0.278 e. The van der Waals surface area contributed by atoms with E-state index in [1.807, 2.05) is 4.90 Å². The van der Waals surface area contributed by atoms with Crippen molar-refractivity contribution in [2.45, 2.75) is 181 Å². The summed E-state index contributed by atoms with van der Waals surface area (Å²) in [6, 6.07) is 0. The summed E-state index contributed by atoms with van der Waals surface area (Å²) in [6.45, 7) is 6.37. The van der Waals surface area contributed by atoms with Crippen LogP contribution in [0.25, 0.3) is 0 Å². The lowest BCUT2D eigenvalue weighted by Crippen LogP contribution is -2.28. The highest BCUT2D eigenvalue weighted by molar-refractivity contribution is 7.96. The van der Waals surface area contributed by atoms with E-state index in [2.05, 4.69) is 26.5 Å². The number of hydrogen-bond donors (Lipinski definition) is 1. The zero-order valence-electron chi connectivity index (χ0n) is 23.6. The van der Waals surface area contributed by atoms with Gasteiger partial charge >= 0.3 is 0 Å². The third-order valence-electron chi connectivity index (χ3n) is 7.33. The quantitative estimate of drug-likeness (QED) is 0.0841. The standard InChI is InChI=1S/C31H63NOS/c1-3-5-7-9-11-13-15-17-19-21-23-25-27-29-32(31(33)34)30-28-26-24-22-20-18-16-14-12-10-8-6-4-2/h3-30H2,1-2H3,(H,33,34). The molecule has 0 aromatic carbocycles. The van der Waals surface area contributed by atoms with Crippen molar-refractivity contribution in [2.75, 3.05) is 13.1 Å². The summed E-state index contributed by atoms with van der Waals surface area (Å²) in [4.78, 5) is 13.8. The summed E-state index contributed by atoms with van der Waals surface area (Å²) in [5.41, 5.74) is 0. The van der Waals surface area contributed by atoms with Gasteiger partial charge in [-0.25, -0.2) is 0 Å². The molecule has 3 heteroatoms. The summed E-state index contributed by atoms with van der Waals surface area (Å²) in [5.74, 6) is 0. The van der Waals surface area contributed by atoms with Crippen LogP contribution in [-0.4, -0.2) is 23.2 Å². The topological polar surface area (TPSA) is 20.3 Å². The van der Waals surface area contributed by atoms with Crippen molar-refractivity contribution in [3.05, 3.63) is 0 Å². The van der Waals surface area contributed by atoms with Crippen LogP contribution in [0.1, 0.15) is 181 Å². The van der Waals surface area contributed by atoms with Crippen molar-refractivity contribution >= 4 is 17.9 Å². The average molecular weight is 498 g/mol. The molecule has 0 N–H and O–H groups in total. The highest BCUT2D eigenvalue weighted by atomic mass is 32.1. The third-order valence-corrected chi connectivity index (χ3v) is 7.62. The molecule has 0 fully saturated rings. The van der Waals surface area contributed by atoms with Crippen molar-refractivity contribution in [1.29, 1.82) is 0 Å². The van der Waals surface area contributed by atoms with Crippen LogP contribution in [0.2, 0.25) is 0 Å². The Morgan fingerprint density at radius 3 is 0.824 bits per heavy atom. The van der Waals surface area contributed by atoms with Crippen LogP contribution >= 0.6 is 12.6 Å². The van der Waals surface area contributed by atoms with E-state index < -0.39 is 0 Å². The van der Waals surface area contributed by atoms with Crippen molar-refractivity contribution in [3.63, 3.8) is 0 Å². The minimum atomic E-state index is -0.0297. The smallest absolute Gasteiger partial charge is 0.278 e. The molecule has 0 spiro atoms. The molecule has 0 heterocycles. The second kappa shape index (κ2) is 29.1. The van der Waals surface area contributed by atoms with Gasteiger partial charge in [-0.2, -0.15) is 0 Å². The Morgan fingerprint density at radius 1 is 0.412 bits per heavy atom. The fraction of sp³-hybridized carbons (Fsp3) is 0.968. The highest BCUT2D eigenvalue weighted by Crippen LogP contribution is 2.15. The molecule has 0 aromatic rings. The maximum absolute atomic E-state index is 11.8. The van der Waals surface area contributed by atoms with Gasteiger partial charge < -0.3 is 4.90 Å². The first-order valence-electron chi connectivity index (χ1n) is 15.7. The fourth-order valence-corrected chi connectivity index (χ4v) is 5.14. The molecule has 2 nitrogen and oxygen atoms in total. The van der Waals surface area contributed by atoms with Crippen LogP contribution in [0.3, 0.4) is 0 Å². The van der Waals surface area contributed by atoms with Gasteiger partial charge in [0.05, 0.1) is 0 Å². The molecule has 0 radical (unpaired) electrons. The van der Waals surface area contributed by atoms with E-state index >= 15 is 0 Å². The van der Waals surface area contributed by atoms with Gasteiger partial charge in [0.15, 0.2) is 0 Å². The molecule has 0 aliphatic heterocycles. The fourth-order valence-electron chi connectivity index (χ4n) is 4.94. The average Bonchev–Trinajstić information content (AvgIpc) is 2.83. The Kier molecular flexibility index (Phi) is 28.9. The summed E-state index contributed by atoms with van der Waals surface area (Å²) in [6.07, 6.45) is 35.6. The Hall–Kier alpha value is -0.180. The minimum absolute atomic E-state index is 0.0297. The zero-order valence-corrected chi connectivity index (χ0v) is 24.5. The molecule has 1 amide bonds. The molecule has 0 aromatic heterocycles. The SMILES string of the molecule is CCCCCCCCCCCCCCCN(CCCCCCCCCCCCCCC)C(=O)S. The first-order valence-corrected chi connectivity index (χ1v) is 16.1. The van der Waals surface area contributed by atoms with Crippen LogP contribution in [0.5, 0.6) is 0 Å². The molecule has 0 aliphatic rings. The number of carbonyl (C=O) groups is 1. The molecule has 0 saturated heterocycles. The molecule has 0 rings (SSSR count). The van der Waals surface area contributed by atoms with E-state index in [0.29, 0.717) is 0 Å². The molecule has 204 valence electrons. The molecule has 0 aliphatic carbocycles. The maximum atomic E-state index is 11.8. The van der Waals surface area contributed by atoms with Gasteiger partial charge in [0, 0.05) is 13.1 Å².